The largest absolute Gasteiger partial charge is 0.496 e. The van der Waals surface area contributed by atoms with Crippen molar-refractivity contribution in [3.63, 3.8) is 0 Å². The van der Waals surface area contributed by atoms with Gasteiger partial charge in [0.2, 0.25) is 5.91 Å². The third kappa shape index (κ3) is 5.03. The highest BCUT2D eigenvalue weighted by Crippen LogP contribution is 2.47. The summed E-state index contributed by atoms with van der Waals surface area (Å²) in [5.41, 5.74) is 0.0702. The summed E-state index contributed by atoms with van der Waals surface area (Å²) < 4.78 is 6.19. The van der Waals surface area contributed by atoms with Gasteiger partial charge in [-0.05, 0) is 77.7 Å². The van der Waals surface area contributed by atoms with Gasteiger partial charge in [0.15, 0.2) is 0 Å². The second-order valence-corrected chi connectivity index (χ2v) is 11.1. The second-order valence-electron chi connectivity index (χ2n) is 10.2. The summed E-state index contributed by atoms with van der Waals surface area (Å²) >= 11 is 3.57. The van der Waals surface area contributed by atoms with Crippen molar-refractivity contribution in [2.24, 2.45) is 11.3 Å². The summed E-state index contributed by atoms with van der Waals surface area (Å²) in [6, 6.07) is 5.77. The number of rotatable bonds is 4. The molecule has 1 aliphatic carbocycles. The number of hydrogen-bond acceptors (Lipinski definition) is 4. The number of likely N-dealkylation sites (N-methyl/N-ethyl adjacent to an activating group) is 1. The Labute approximate surface area is 189 Å². The molecule has 0 bridgehead atoms. The Hall–Kier alpha value is -1.11. The Morgan fingerprint density at radius 1 is 1.20 bits per heavy atom. The zero-order valence-corrected chi connectivity index (χ0v) is 20.7. The minimum absolute atomic E-state index is 0.0527. The van der Waals surface area contributed by atoms with Crippen LogP contribution in [-0.4, -0.2) is 66.8 Å². The number of carbonyl (C=O) groups excluding carboxylic acids is 1. The van der Waals surface area contributed by atoms with Gasteiger partial charge >= 0.3 is 0 Å². The first kappa shape index (κ1) is 23.6. The molecule has 5 nitrogen and oxygen atoms in total. The van der Waals surface area contributed by atoms with E-state index in [1.807, 2.05) is 23.1 Å². The van der Waals surface area contributed by atoms with Crippen LogP contribution in [0, 0.1) is 11.3 Å². The quantitative estimate of drug-likeness (QED) is 0.698. The van der Waals surface area contributed by atoms with Crippen LogP contribution >= 0.6 is 15.9 Å². The Balaban J connectivity index is 1.91. The molecule has 6 heteroatoms. The fourth-order valence-electron chi connectivity index (χ4n) is 5.03. The molecule has 0 spiro atoms. The van der Waals surface area contributed by atoms with Crippen LogP contribution in [0.15, 0.2) is 22.7 Å². The first-order chi connectivity index (χ1) is 14.0. The zero-order chi connectivity index (χ0) is 22.1. The predicted octanol–water partition coefficient (Wildman–Crippen LogP) is 4.28. The van der Waals surface area contributed by atoms with E-state index in [2.05, 4.69) is 48.6 Å². The normalized spacial score (nSPS) is 27.0. The maximum Gasteiger partial charge on any atom is 0.233 e. The minimum Gasteiger partial charge on any atom is -0.496 e. The maximum absolute atomic E-state index is 13.8. The molecule has 1 aliphatic heterocycles. The van der Waals surface area contributed by atoms with Gasteiger partial charge in [-0.15, -0.1) is 0 Å². The Morgan fingerprint density at radius 2 is 1.80 bits per heavy atom. The van der Waals surface area contributed by atoms with Crippen molar-refractivity contribution in [3.8, 4) is 5.75 Å². The van der Waals surface area contributed by atoms with Crippen molar-refractivity contribution >= 4 is 21.8 Å². The molecular formula is C24H37BrN2O3. The van der Waals surface area contributed by atoms with E-state index in [0.29, 0.717) is 31.8 Å². The molecule has 1 atom stereocenters. The molecule has 1 N–H and O–H groups in total. The fraction of sp³-hybridized carbons (Fsp3) is 0.708. The van der Waals surface area contributed by atoms with Crippen molar-refractivity contribution in [1.82, 2.24) is 9.80 Å². The molecule has 0 aromatic heterocycles. The Morgan fingerprint density at radius 3 is 2.30 bits per heavy atom. The van der Waals surface area contributed by atoms with E-state index in [4.69, 9.17) is 4.74 Å². The maximum atomic E-state index is 13.8. The summed E-state index contributed by atoms with van der Waals surface area (Å²) in [4.78, 5) is 17.9. The molecule has 0 radical (unpaired) electrons. The zero-order valence-electron chi connectivity index (χ0n) is 19.1. The smallest absolute Gasteiger partial charge is 0.233 e. The van der Waals surface area contributed by atoms with Crippen LogP contribution < -0.4 is 4.74 Å². The average molecular weight is 481 g/mol. The number of benzene rings is 1. The number of nitrogens with zero attached hydrogens (tertiary/aromatic N) is 2. The SMILES string of the molecule is COc1ccc(C(C(=O)N2CCN(C)CC2)C2(O)CCC(C(C)(C)C)CC2)cc1Br. The summed E-state index contributed by atoms with van der Waals surface area (Å²) in [6.45, 7) is 9.98. The Bertz CT molecular complexity index is 745. The molecule has 1 amide bonds. The van der Waals surface area contributed by atoms with Crippen LogP contribution in [0.3, 0.4) is 0 Å². The average Bonchev–Trinajstić information content (AvgIpc) is 2.68. The number of aliphatic hydroxyl groups is 1. The van der Waals surface area contributed by atoms with Gasteiger partial charge in [0.25, 0.3) is 0 Å². The molecule has 1 unspecified atom stereocenters. The van der Waals surface area contributed by atoms with Crippen LogP contribution in [0.2, 0.25) is 0 Å². The van der Waals surface area contributed by atoms with E-state index in [1.165, 1.54) is 0 Å². The highest BCUT2D eigenvalue weighted by Gasteiger charge is 2.47. The van der Waals surface area contributed by atoms with E-state index >= 15 is 0 Å². The lowest BCUT2D eigenvalue weighted by molar-refractivity contribution is -0.144. The third-order valence-corrected chi connectivity index (χ3v) is 7.80. The highest BCUT2D eigenvalue weighted by atomic mass is 79.9. The first-order valence-corrected chi connectivity index (χ1v) is 11.9. The van der Waals surface area contributed by atoms with Gasteiger partial charge in [-0.2, -0.15) is 0 Å². The summed E-state index contributed by atoms with van der Waals surface area (Å²) in [7, 11) is 3.72. The third-order valence-electron chi connectivity index (χ3n) is 7.18. The van der Waals surface area contributed by atoms with Crippen LogP contribution in [0.5, 0.6) is 5.75 Å². The van der Waals surface area contributed by atoms with Gasteiger partial charge in [0.1, 0.15) is 5.75 Å². The molecule has 168 valence electrons. The van der Waals surface area contributed by atoms with Gasteiger partial charge in [-0.1, -0.05) is 26.8 Å². The lowest BCUT2D eigenvalue weighted by atomic mass is 9.64. The summed E-state index contributed by atoms with van der Waals surface area (Å²) in [5.74, 6) is 0.800. The molecular weight excluding hydrogens is 444 g/mol. The van der Waals surface area contributed by atoms with E-state index in [0.717, 1.165) is 41.7 Å². The second kappa shape index (κ2) is 9.17. The van der Waals surface area contributed by atoms with Crippen LogP contribution in [0.1, 0.15) is 57.9 Å². The van der Waals surface area contributed by atoms with Crippen molar-refractivity contribution in [3.05, 3.63) is 28.2 Å². The first-order valence-electron chi connectivity index (χ1n) is 11.1. The number of carbonyl (C=O) groups is 1. The van der Waals surface area contributed by atoms with Gasteiger partial charge in [0, 0.05) is 26.2 Å². The predicted molar refractivity (Wildman–Crippen MR) is 124 cm³/mol. The van der Waals surface area contributed by atoms with Crippen LogP contribution in [-0.2, 0) is 4.79 Å². The Kier molecular flexibility index (Phi) is 7.20. The van der Waals surface area contributed by atoms with Crippen molar-refractivity contribution in [2.75, 3.05) is 40.3 Å². The van der Waals surface area contributed by atoms with Crippen molar-refractivity contribution < 1.29 is 14.6 Å². The van der Waals surface area contributed by atoms with Gasteiger partial charge in [-0.25, -0.2) is 0 Å². The van der Waals surface area contributed by atoms with Gasteiger partial charge in [-0.3, -0.25) is 4.79 Å². The van der Waals surface area contributed by atoms with E-state index < -0.39 is 11.5 Å². The molecule has 1 aromatic carbocycles. The molecule has 1 aromatic rings. The summed E-state index contributed by atoms with van der Waals surface area (Å²) in [6.07, 6.45) is 3.21. The number of methoxy groups -OCH3 is 1. The molecule has 1 saturated carbocycles. The lowest BCUT2D eigenvalue weighted by Crippen LogP contribution is -2.53. The monoisotopic (exact) mass is 480 g/mol. The molecule has 1 saturated heterocycles. The number of ether oxygens (including phenoxy) is 1. The van der Waals surface area contributed by atoms with E-state index in [-0.39, 0.29) is 11.3 Å². The van der Waals surface area contributed by atoms with E-state index in [9.17, 15) is 9.90 Å². The van der Waals surface area contributed by atoms with Gasteiger partial charge in [0.05, 0.1) is 23.1 Å². The minimum atomic E-state index is -1.02. The van der Waals surface area contributed by atoms with Crippen LogP contribution in [0.25, 0.3) is 0 Å². The molecule has 30 heavy (non-hydrogen) atoms. The lowest BCUT2D eigenvalue weighted by Gasteiger charge is -2.46. The van der Waals surface area contributed by atoms with Crippen molar-refractivity contribution in [2.45, 2.75) is 58.0 Å². The molecule has 1 heterocycles. The topological polar surface area (TPSA) is 53.0 Å². The number of hydrogen-bond donors (Lipinski definition) is 1. The standard InChI is InChI=1S/C24H37BrN2O3/c1-23(2,3)18-8-10-24(29,11-9-18)21(17-6-7-20(30-5)19(25)16-17)22(28)27-14-12-26(4)13-15-27/h6-7,16,18,21,29H,8-15H2,1-5H3. The molecule has 2 fully saturated rings. The molecule has 2 aliphatic rings. The van der Waals surface area contributed by atoms with Crippen molar-refractivity contribution in [1.29, 1.82) is 0 Å². The fourth-order valence-corrected chi connectivity index (χ4v) is 5.59. The number of amides is 1. The molecule has 3 rings (SSSR count). The van der Waals surface area contributed by atoms with E-state index in [1.54, 1.807) is 7.11 Å². The van der Waals surface area contributed by atoms with Gasteiger partial charge < -0.3 is 19.6 Å². The highest BCUT2D eigenvalue weighted by molar-refractivity contribution is 9.10. The summed E-state index contributed by atoms with van der Waals surface area (Å²) in [5, 5.41) is 11.8. The number of piperazine rings is 1. The van der Waals surface area contributed by atoms with Crippen LogP contribution in [0.4, 0.5) is 0 Å². The number of halogens is 1.